The van der Waals surface area contributed by atoms with Gasteiger partial charge in [0.25, 0.3) is 5.91 Å². The number of nitrogens with one attached hydrogen (secondary N) is 1. The number of hydrogen-bond acceptors (Lipinski definition) is 3. The number of anilines is 1. The number of hydrogen-bond donors (Lipinski definition) is 1. The van der Waals surface area contributed by atoms with Crippen LogP contribution < -0.4 is 10.2 Å². The number of carbonyl (C=O) groups excluding carboxylic acids is 1. The molecule has 0 radical (unpaired) electrons. The highest BCUT2D eigenvalue weighted by Gasteiger charge is 2.09. The van der Waals surface area contributed by atoms with Crippen molar-refractivity contribution in [1.29, 1.82) is 0 Å². The number of amides is 1. The lowest BCUT2D eigenvalue weighted by molar-refractivity contribution is 0.0950. The maximum absolute atomic E-state index is 13.1. The zero-order chi connectivity index (χ0) is 15.4. The van der Waals surface area contributed by atoms with Gasteiger partial charge >= 0.3 is 0 Å². The molecule has 0 unspecified atom stereocenters. The summed E-state index contributed by atoms with van der Waals surface area (Å²) in [5, 5.41) is 2.65. The first-order valence-electron chi connectivity index (χ1n) is 6.33. The minimum absolute atomic E-state index is 0.0794. The summed E-state index contributed by atoms with van der Waals surface area (Å²) in [6.45, 7) is 0.279. The molecule has 2 aromatic rings. The second-order valence-electron chi connectivity index (χ2n) is 4.73. The van der Waals surface area contributed by atoms with Crippen molar-refractivity contribution in [3.05, 3.63) is 59.3 Å². The molecule has 2 rings (SSSR count). The fourth-order valence-electron chi connectivity index (χ4n) is 1.74. The minimum atomic E-state index is -1.04. The summed E-state index contributed by atoms with van der Waals surface area (Å²) in [7, 11) is 3.73. The van der Waals surface area contributed by atoms with Crippen molar-refractivity contribution in [2.45, 2.75) is 6.54 Å². The average molecular weight is 291 g/mol. The van der Waals surface area contributed by atoms with Crippen LogP contribution >= 0.6 is 0 Å². The van der Waals surface area contributed by atoms with Crippen molar-refractivity contribution in [3.63, 3.8) is 0 Å². The molecular formula is C15H15F2N3O. The Balaban J connectivity index is 2.03. The normalized spacial score (nSPS) is 10.3. The Hall–Kier alpha value is -2.50. The molecular weight excluding hydrogens is 276 g/mol. The quantitative estimate of drug-likeness (QED) is 0.940. The lowest BCUT2D eigenvalue weighted by atomic mass is 10.2. The Morgan fingerprint density at radius 3 is 2.62 bits per heavy atom. The number of carbonyl (C=O) groups is 1. The van der Waals surface area contributed by atoms with E-state index in [4.69, 9.17) is 0 Å². The van der Waals surface area contributed by atoms with Crippen molar-refractivity contribution in [1.82, 2.24) is 10.3 Å². The minimum Gasteiger partial charge on any atom is -0.363 e. The van der Waals surface area contributed by atoms with Gasteiger partial charge in [-0.3, -0.25) is 4.79 Å². The number of aromatic nitrogens is 1. The summed E-state index contributed by atoms with van der Waals surface area (Å²) in [5.74, 6) is -1.70. The van der Waals surface area contributed by atoms with Crippen LogP contribution in [0.25, 0.3) is 0 Å². The standard InChI is InChI=1S/C15H15F2N3O/c1-20(2)14-7-10(5-6-18-14)9-19-15(21)11-3-4-12(16)13(17)8-11/h3-8H,9H2,1-2H3,(H,19,21). The number of halogens is 2. The van der Waals surface area contributed by atoms with Crippen LogP contribution in [0.4, 0.5) is 14.6 Å². The van der Waals surface area contributed by atoms with Crippen LogP contribution in [-0.4, -0.2) is 25.0 Å². The highest BCUT2D eigenvalue weighted by atomic mass is 19.2. The van der Waals surface area contributed by atoms with E-state index in [1.165, 1.54) is 6.07 Å². The molecule has 21 heavy (non-hydrogen) atoms. The molecule has 0 aliphatic heterocycles. The predicted molar refractivity (Wildman–Crippen MR) is 76.1 cm³/mol. The Kier molecular flexibility index (Phi) is 4.47. The first kappa shape index (κ1) is 14.9. The topological polar surface area (TPSA) is 45.2 Å². The Morgan fingerprint density at radius 1 is 1.19 bits per heavy atom. The first-order chi connectivity index (χ1) is 9.97. The van der Waals surface area contributed by atoms with E-state index in [1.807, 2.05) is 25.1 Å². The molecule has 0 bridgehead atoms. The summed E-state index contributed by atoms with van der Waals surface area (Å²) in [6, 6.07) is 6.67. The van der Waals surface area contributed by atoms with Crippen LogP contribution in [0.3, 0.4) is 0 Å². The van der Waals surface area contributed by atoms with Crippen molar-refractivity contribution >= 4 is 11.7 Å². The Labute approximate surface area is 121 Å². The zero-order valence-electron chi connectivity index (χ0n) is 11.7. The molecule has 1 aromatic carbocycles. The molecule has 4 nitrogen and oxygen atoms in total. The predicted octanol–water partition coefficient (Wildman–Crippen LogP) is 2.36. The third-order valence-corrected chi connectivity index (χ3v) is 2.90. The maximum Gasteiger partial charge on any atom is 0.251 e. The highest BCUT2D eigenvalue weighted by molar-refractivity contribution is 5.94. The molecule has 6 heteroatoms. The molecule has 0 aliphatic rings. The van der Waals surface area contributed by atoms with Gasteiger partial charge in [0.2, 0.25) is 0 Å². The van der Waals surface area contributed by atoms with Gasteiger partial charge in [0.15, 0.2) is 11.6 Å². The van der Waals surface area contributed by atoms with Gasteiger partial charge in [0.1, 0.15) is 5.82 Å². The van der Waals surface area contributed by atoms with E-state index in [0.29, 0.717) is 0 Å². The first-order valence-corrected chi connectivity index (χ1v) is 6.33. The molecule has 0 atom stereocenters. The number of rotatable bonds is 4. The van der Waals surface area contributed by atoms with Crippen molar-refractivity contribution in [3.8, 4) is 0 Å². The maximum atomic E-state index is 13.1. The molecule has 1 heterocycles. The zero-order valence-corrected chi connectivity index (χ0v) is 11.7. The van der Waals surface area contributed by atoms with E-state index >= 15 is 0 Å². The lowest BCUT2D eigenvalue weighted by Gasteiger charge is -2.12. The summed E-state index contributed by atoms with van der Waals surface area (Å²) < 4.78 is 25.9. The van der Waals surface area contributed by atoms with Gasteiger partial charge in [0, 0.05) is 32.4 Å². The third-order valence-electron chi connectivity index (χ3n) is 2.90. The van der Waals surface area contributed by atoms with E-state index in [-0.39, 0.29) is 12.1 Å². The molecule has 1 N–H and O–H groups in total. The second-order valence-corrected chi connectivity index (χ2v) is 4.73. The van der Waals surface area contributed by atoms with Gasteiger partial charge < -0.3 is 10.2 Å². The molecule has 0 fully saturated rings. The summed E-state index contributed by atoms with van der Waals surface area (Å²) in [4.78, 5) is 17.9. The van der Waals surface area contributed by atoms with Gasteiger partial charge in [-0.25, -0.2) is 13.8 Å². The van der Waals surface area contributed by atoms with Crippen LogP contribution in [0.5, 0.6) is 0 Å². The molecule has 1 aromatic heterocycles. The van der Waals surface area contributed by atoms with E-state index in [0.717, 1.165) is 23.5 Å². The summed E-state index contributed by atoms with van der Waals surface area (Å²) in [5.41, 5.74) is 0.945. The number of pyridine rings is 1. The fourth-order valence-corrected chi connectivity index (χ4v) is 1.74. The average Bonchev–Trinajstić information content (AvgIpc) is 2.48. The van der Waals surface area contributed by atoms with Gasteiger partial charge in [-0.05, 0) is 35.9 Å². The molecule has 0 saturated carbocycles. The summed E-state index contributed by atoms with van der Waals surface area (Å²) in [6.07, 6.45) is 1.65. The Bertz CT molecular complexity index is 659. The van der Waals surface area contributed by atoms with Crippen molar-refractivity contribution in [2.24, 2.45) is 0 Å². The second kappa shape index (κ2) is 6.30. The highest BCUT2D eigenvalue weighted by Crippen LogP contribution is 2.11. The molecule has 1 amide bonds. The Morgan fingerprint density at radius 2 is 1.95 bits per heavy atom. The van der Waals surface area contributed by atoms with E-state index in [2.05, 4.69) is 10.3 Å². The SMILES string of the molecule is CN(C)c1cc(CNC(=O)c2ccc(F)c(F)c2)ccn1. The van der Waals surface area contributed by atoms with Crippen LogP contribution in [0.2, 0.25) is 0 Å². The molecule has 0 saturated heterocycles. The monoisotopic (exact) mass is 291 g/mol. The fraction of sp³-hybridized carbons (Fsp3) is 0.200. The lowest BCUT2D eigenvalue weighted by Crippen LogP contribution is -2.23. The van der Waals surface area contributed by atoms with Crippen LogP contribution in [0.15, 0.2) is 36.5 Å². The smallest absolute Gasteiger partial charge is 0.251 e. The van der Waals surface area contributed by atoms with Crippen LogP contribution in [-0.2, 0) is 6.54 Å². The van der Waals surface area contributed by atoms with Crippen molar-refractivity contribution < 1.29 is 13.6 Å². The van der Waals surface area contributed by atoms with Crippen molar-refractivity contribution in [2.75, 3.05) is 19.0 Å². The third kappa shape index (κ3) is 3.75. The largest absolute Gasteiger partial charge is 0.363 e. The summed E-state index contributed by atoms with van der Waals surface area (Å²) >= 11 is 0. The van der Waals surface area contributed by atoms with Gasteiger partial charge in [0.05, 0.1) is 0 Å². The molecule has 0 aliphatic carbocycles. The van der Waals surface area contributed by atoms with Gasteiger partial charge in [-0.2, -0.15) is 0 Å². The van der Waals surface area contributed by atoms with Crippen LogP contribution in [0.1, 0.15) is 15.9 Å². The van der Waals surface area contributed by atoms with Crippen LogP contribution in [0, 0.1) is 11.6 Å². The van der Waals surface area contributed by atoms with E-state index < -0.39 is 17.5 Å². The number of benzene rings is 1. The van der Waals surface area contributed by atoms with E-state index in [9.17, 15) is 13.6 Å². The molecule has 0 spiro atoms. The molecule has 110 valence electrons. The van der Waals surface area contributed by atoms with Gasteiger partial charge in [-0.15, -0.1) is 0 Å². The van der Waals surface area contributed by atoms with E-state index in [1.54, 1.807) is 12.3 Å². The van der Waals surface area contributed by atoms with Gasteiger partial charge in [-0.1, -0.05) is 0 Å². The number of nitrogens with zero attached hydrogens (tertiary/aromatic N) is 2.